The molecular weight excluding hydrogens is 292 g/mol. The van der Waals surface area contributed by atoms with Gasteiger partial charge in [0, 0.05) is 18.7 Å². The minimum atomic E-state index is -0.432. The van der Waals surface area contributed by atoms with Crippen molar-refractivity contribution in [1.82, 2.24) is 4.98 Å². The Bertz CT molecular complexity index is 937. The van der Waals surface area contributed by atoms with Gasteiger partial charge in [-0.3, -0.25) is 4.98 Å². The highest BCUT2D eigenvalue weighted by atomic mass is 16.5. The minimum Gasteiger partial charge on any atom is -0.487 e. The first-order valence-corrected chi connectivity index (χ1v) is 7.66. The monoisotopic (exact) mass is 310 g/mol. The number of benzene rings is 2. The second-order valence-electron chi connectivity index (χ2n) is 6.56. The Morgan fingerprint density at radius 1 is 1.22 bits per heavy atom. The molecule has 1 aliphatic rings. The molecule has 0 unspecified atom stereocenters. The third kappa shape index (κ3) is 2.70. The summed E-state index contributed by atoms with van der Waals surface area (Å²) in [6.07, 6.45) is 0.929. The third-order valence-electron chi connectivity index (χ3n) is 4.04. The standard InChI is InChI=1S/C18H18N2O3/c1-18(2)9-12-7-11(3-5-15(12)23-18)10-19-13-4-6-16-14(8-13)20-17(21)22-16/h3-8,19H,9-10H2,1-2H3,(H,20,21). The molecule has 5 heteroatoms. The Hall–Kier alpha value is -2.69. The largest absolute Gasteiger partial charge is 0.487 e. The number of aromatic nitrogens is 1. The molecule has 0 atom stereocenters. The molecule has 2 aromatic carbocycles. The van der Waals surface area contributed by atoms with Crippen LogP contribution in [0, 0.1) is 0 Å². The zero-order valence-electron chi connectivity index (χ0n) is 13.1. The molecule has 118 valence electrons. The zero-order valence-corrected chi connectivity index (χ0v) is 13.1. The lowest BCUT2D eigenvalue weighted by atomic mass is 10.0. The van der Waals surface area contributed by atoms with Gasteiger partial charge < -0.3 is 14.5 Å². The number of H-pyrrole nitrogens is 1. The number of aromatic amines is 1. The molecule has 0 spiro atoms. The fourth-order valence-electron chi connectivity index (χ4n) is 3.04. The van der Waals surface area contributed by atoms with Crippen LogP contribution in [0.5, 0.6) is 5.75 Å². The maximum atomic E-state index is 11.2. The van der Waals surface area contributed by atoms with E-state index in [0.717, 1.165) is 17.9 Å². The second-order valence-corrected chi connectivity index (χ2v) is 6.56. The Labute approximate surface area is 133 Å². The van der Waals surface area contributed by atoms with Crippen LogP contribution in [-0.4, -0.2) is 10.6 Å². The van der Waals surface area contributed by atoms with Gasteiger partial charge >= 0.3 is 5.76 Å². The number of anilines is 1. The first-order valence-electron chi connectivity index (χ1n) is 7.66. The van der Waals surface area contributed by atoms with Crippen LogP contribution in [-0.2, 0) is 13.0 Å². The van der Waals surface area contributed by atoms with Gasteiger partial charge in [-0.1, -0.05) is 12.1 Å². The normalized spacial score (nSPS) is 15.4. The molecule has 0 aliphatic carbocycles. The van der Waals surface area contributed by atoms with E-state index in [1.807, 2.05) is 18.2 Å². The molecule has 5 nitrogen and oxygen atoms in total. The summed E-state index contributed by atoms with van der Waals surface area (Å²) < 4.78 is 10.9. The van der Waals surface area contributed by atoms with Crippen LogP contribution in [0.15, 0.2) is 45.6 Å². The van der Waals surface area contributed by atoms with Crippen molar-refractivity contribution >= 4 is 16.8 Å². The SMILES string of the molecule is CC1(C)Cc2cc(CNc3ccc4oc(=O)[nH]c4c3)ccc2O1. The smallest absolute Gasteiger partial charge is 0.417 e. The molecule has 1 aromatic heterocycles. The fourth-order valence-corrected chi connectivity index (χ4v) is 3.04. The van der Waals surface area contributed by atoms with E-state index in [1.54, 1.807) is 6.07 Å². The molecule has 4 rings (SSSR count). The highest BCUT2D eigenvalue weighted by Gasteiger charge is 2.29. The lowest BCUT2D eigenvalue weighted by molar-refractivity contribution is 0.138. The summed E-state index contributed by atoms with van der Waals surface area (Å²) in [5.41, 5.74) is 4.54. The molecule has 0 fully saturated rings. The van der Waals surface area contributed by atoms with E-state index in [2.05, 4.69) is 36.3 Å². The van der Waals surface area contributed by atoms with Gasteiger partial charge in [-0.2, -0.15) is 0 Å². The van der Waals surface area contributed by atoms with E-state index in [4.69, 9.17) is 9.15 Å². The van der Waals surface area contributed by atoms with Crippen LogP contribution in [0.4, 0.5) is 5.69 Å². The Kier molecular flexibility index (Phi) is 2.98. The molecule has 0 saturated heterocycles. The highest BCUT2D eigenvalue weighted by molar-refractivity contribution is 5.76. The number of hydrogen-bond donors (Lipinski definition) is 2. The summed E-state index contributed by atoms with van der Waals surface area (Å²) in [6.45, 7) is 4.92. The van der Waals surface area contributed by atoms with Crippen LogP contribution in [0.25, 0.3) is 11.1 Å². The van der Waals surface area contributed by atoms with E-state index < -0.39 is 5.76 Å². The van der Waals surface area contributed by atoms with E-state index >= 15 is 0 Å². The number of nitrogens with one attached hydrogen (secondary N) is 2. The molecule has 2 N–H and O–H groups in total. The number of ether oxygens (including phenoxy) is 1. The van der Waals surface area contributed by atoms with Gasteiger partial charge in [0.05, 0.1) is 5.52 Å². The van der Waals surface area contributed by atoms with E-state index in [1.165, 1.54) is 11.1 Å². The van der Waals surface area contributed by atoms with Gasteiger partial charge in [0.1, 0.15) is 11.4 Å². The van der Waals surface area contributed by atoms with Crippen molar-refractivity contribution in [2.45, 2.75) is 32.4 Å². The van der Waals surface area contributed by atoms with Crippen LogP contribution in [0.1, 0.15) is 25.0 Å². The predicted octanol–water partition coefficient (Wildman–Crippen LogP) is 3.45. The van der Waals surface area contributed by atoms with E-state index in [-0.39, 0.29) is 5.60 Å². The summed E-state index contributed by atoms with van der Waals surface area (Å²) >= 11 is 0. The van der Waals surface area contributed by atoms with Crippen molar-refractivity contribution < 1.29 is 9.15 Å². The first kappa shape index (κ1) is 13.9. The second kappa shape index (κ2) is 4.91. The first-order chi connectivity index (χ1) is 11.0. The van der Waals surface area contributed by atoms with Crippen molar-refractivity contribution in [3.05, 3.63) is 58.1 Å². The van der Waals surface area contributed by atoms with Gasteiger partial charge in [-0.25, -0.2) is 4.79 Å². The van der Waals surface area contributed by atoms with Crippen molar-refractivity contribution in [3.8, 4) is 5.75 Å². The Morgan fingerprint density at radius 3 is 2.96 bits per heavy atom. The number of rotatable bonds is 3. The van der Waals surface area contributed by atoms with Crippen molar-refractivity contribution in [2.75, 3.05) is 5.32 Å². The molecule has 3 aromatic rings. The maximum Gasteiger partial charge on any atom is 0.417 e. The van der Waals surface area contributed by atoms with Crippen LogP contribution >= 0.6 is 0 Å². The summed E-state index contributed by atoms with van der Waals surface area (Å²) in [5.74, 6) is 0.550. The number of fused-ring (bicyclic) bond motifs is 2. The van der Waals surface area contributed by atoms with Gasteiger partial charge in [-0.15, -0.1) is 0 Å². The molecule has 0 bridgehead atoms. The molecule has 1 aliphatic heterocycles. The predicted molar refractivity (Wildman–Crippen MR) is 89.0 cm³/mol. The average molecular weight is 310 g/mol. The maximum absolute atomic E-state index is 11.2. The quantitative estimate of drug-likeness (QED) is 0.777. The number of hydrogen-bond acceptors (Lipinski definition) is 4. The van der Waals surface area contributed by atoms with Gasteiger partial charge in [0.2, 0.25) is 0 Å². The average Bonchev–Trinajstić information content (AvgIpc) is 3.00. The topological polar surface area (TPSA) is 67.3 Å². The Morgan fingerprint density at radius 2 is 2.09 bits per heavy atom. The summed E-state index contributed by atoms with van der Waals surface area (Å²) in [7, 11) is 0. The van der Waals surface area contributed by atoms with Gasteiger partial charge in [-0.05, 0) is 49.2 Å². The van der Waals surface area contributed by atoms with Gasteiger partial charge in [0.25, 0.3) is 0 Å². The van der Waals surface area contributed by atoms with Gasteiger partial charge in [0.15, 0.2) is 5.58 Å². The third-order valence-corrected chi connectivity index (χ3v) is 4.04. The summed E-state index contributed by atoms with van der Waals surface area (Å²) in [5, 5.41) is 3.37. The molecule has 23 heavy (non-hydrogen) atoms. The lowest BCUT2D eigenvalue weighted by Gasteiger charge is -2.16. The molecular formula is C18H18N2O3. The van der Waals surface area contributed by atoms with Crippen LogP contribution < -0.4 is 15.8 Å². The summed E-state index contributed by atoms with van der Waals surface area (Å²) in [4.78, 5) is 13.8. The molecule has 0 saturated carbocycles. The van der Waals surface area contributed by atoms with Crippen LogP contribution in [0.3, 0.4) is 0 Å². The highest BCUT2D eigenvalue weighted by Crippen LogP contribution is 2.35. The summed E-state index contributed by atoms with van der Waals surface area (Å²) in [6, 6.07) is 11.9. The van der Waals surface area contributed by atoms with Crippen molar-refractivity contribution in [1.29, 1.82) is 0 Å². The van der Waals surface area contributed by atoms with E-state index in [0.29, 0.717) is 17.6 Å². The molecule has 0 radical (unpaired) electrons. The Balaban J connectivity index is 1.51. The van der Waals surface area contributed by atoms with Crippen molar-refractivity contribution in [3.63, 3.8) is 0 Å². The van der Waals surface area contributed by atoms with Crippen LogP contribution in [0.2, 0.25) is 0 Å². The van der Waals surface area contributed by atoms with Crippen molar-refractivity contribution in [2.24, 2.45) is 0 Å². The zero-order chi connectivity index (χ0) is 16.0. The van der Waals surface area contributed by atoms with E-state index in [9.17, 15) is 4.79 Å². The lowest BCUT2D eigenvalue weighted by Crippen LogP contribution is -2.24. The fraction of sp³-hybridized carbons (Fsp3) is 0.278. The molecule has 0 amide bonds. The number of oxazole rings is 1. The minimum absolute atomic E-state index is 0.118. The molecule has 2 heterocycles.